The van der Waals surface area contributed by atoms with Gasteiger partial charge in [-0.25, -0.2) is 0 Å². The second-order valence-electron chi connectivity index (χ2n) is 5.72. The molecule has 0 aromatic heterocycles. The molecule has 0 N–H and O–H groups in total. The van der Waals surface area contributed by atoms with E-state index in [2.05, 4.69) is 25.6 Å². The maximum atomic E-state index is 6.08. The molecule has 0 radical (unpaired) electrons. The minimum atomic E-state index is -0.528. The molecule has 1 fully saturated rings. The van der Waals surface area contributed by atoms with Gasteiger partial charge in [0.2, 0.25) is 0 Å². The molecule has 2 rings (SSSR count). The van der Waals surface area contributed by atoms with E-state index in [9.17, 15) is 0 Å². The molecule has 1 saturated heterocycles. The lowest BCUT2D eigenvalue weighted by Gasteiger charge is -2.27. The zero-order valence-corrected chi connectivity index (χ0v) is 12.5. The lowest BCUT2D eigenvalue weighted by molar-refractivity contribution is -0.161. The zero-order chi connectivity index (χ0) is 14.6. The van der Waals surface area contributed by atoms with Crippen molar-refractivity contribution in [2.75, 3.05) is 6.61 Å². The summed E-state index contributed by atoms with van der Waals surface area (Å²) < 4.78 is 17.7. The molecule has 1 heterocycles. The van der Waals surface area contributed by atoms with Crippen molar-refractivity contribution < 1.29 is 14.2 Å². The first-order valence-electron chi connectivity index (χ1n) is 7.12. The number of ether oxygens (including phenoxy) is 3. The summed E-state index contributed by atoms with van der Waals surface area (Å²) in [5.41, 5.74) is 1.16. The van der Waals surface area contributed by atoms with Crippen LogP contribution in [0.1, 0.15) is 26.3 Å². The highest BCUT2D eigenvalue weighted by Gasteiger charge is 2.39. The summed E-state index contributed by atoms with van der Waals surface area (Å²) in [5.74, 6) is -0.318. The number of rotatable bonds is 6. The molecule has 3 atom stereocenters. The fraction of sp³-hybridized carbons (Fsp3) is 0.529. The number of hydrogen-bond acceptors (Lipinski definition) is 3. The molecular formula is C17H24O3. The third-order valence-corrected chi connectivity index (χ3v) is 3.57. The lowest BCUT2D eigenvalue weighted by atomic mass is 10.00. The molecule has 0 spiro atoms. The summed E-state index contributed by atoms with van der Waals surface area (Å²) >= 11 is 0. The highest BCUT2D eigenvalue weighted by atomic mass is 16.7. The van der Waals surface area contributed by atoms with E-state index < -0.39 is 5.79 Å². The second-order valence-corrected chi connectivity index (χ2v) is 5.72. The fourth-order valence-electron chi connectivity index (χ4n) is 2.38. The number of hydrogen-bond donors (Lipinski definition) is 0. The van der Waals surface area contributed by atoms with Gasteiger partial charge in [-0.3, -0.25) is 0 Å². The smallest absolute Gasteiger partial charge is 0.163 e. The molecule has 3 nitrogen and oxygen atoms in total. The maximum absolute atomic E-state index is 6.08. The lowest BCUT2D eigenvalue weighted by Crippen LogP contribution is -2.37. The van der Waals surface area contributed by atoms with E-state index in [-0.39, 0.29) is 18.1 Å². The van der Waals surface area contributed by atoms with Gasteiger partial charge in [-0.2, -0.15) is 0 Å². The van der Waals surface area contributed by atoms with Gasteiger partial charge in [-0.05, 0) is 19.4 Å². The SMILES string of the molecule is C=C[C@@H](C)[C@@H](OCc1ccccc1)[C@H]1COC(C)(C)O1. The fourth-order valence-corrected chi connectivity index (χ4v) is 2.38. The summed E-state index contributed by atoms with van der Waals surface area (Å²) in [5, 5.41) is 0. The predicted molar refractivity (Wildman–Crippen MR) is 79.3 cm³/mol. The first-order chi connectivity index (χ1) is 9.52. The van der Waals surface area contributed by atoms with Crippen molar-refractivity contribution >= 4 is 0 Å². The Morgan fingerprint density at radius 3 is 2.65 bits per heavy atom. The van der Waals surface area contributed by atoms with Crippen LogP contribution in [0.15, 0.2) is 43.0 Å². The van der Waals surface area contributed by atoms with Crippen LogP contribution in [0, 0.1) is 5.92 Å². The Morgan fingerprint density at radius 2 is 2.10 bits per heavy atom. The van der Waals surface area contributed by atoms with Crippen LogP contribution in [0.5, 0.6) is 0 Å². The second kappa shape index (κ2) is 6.53. The first-order valence-corrected chi connectivity index (χ1v) is 7.12. The van der Waals surface area contributed by atoms with Gasteiger partial charge in [-0.1, -0.05) is 43.3 Å². The Kier molecular flexibility index (Phi) is 4.97. The van der Waals surface area contributed by atoms with E-state index in [0.717, 1.165) is 5.56 Å². The Balaban J connectivity index is 1.99. The molecule has 0 aliphatic carbocycles. The van der Waals surface area contributed by atoms with Gasteiger partial charge in [0.15, 0.2) is 5.79 Å². The highest BCUT2D eigenvalue weighted by Crippen LogP contribution is 2.29. The van der Waals surface area contributed by atoms with Crippen molar-refractivity contribution in [3.63, 3.8) is 0 Å². The third-order valence-electron chi connectivity index (χ3n) is 3.57. The van der Waals surface area contributed by atoms with Crippen LogP contribution in [-0.2, 0) is 20.8 Å². The molecule has 0 bridgehead atoms. The van der Waals surface area contributed by atoms with E-state index in [1.54, 1.807) is 0 Å². The largest absolute Gasteiger partial charge is 0.370 e. The molecule has 0 saturated carbocycles. The van der Waals surface area contributed by atoms with Crippen molar-refractivity contribution in [3.05, 3.63) is 48.6 Å². The predicted octanol–water partition coefficient (Wildman–Crippen LogP) is 3.55. The van der Waals surface area contributed by atoms with Gasteiger partial charge in [0.1, 0.15) is 6.10 Å². The van der Waals surface area contributed by atoms with Gasteiger partial charge in [0.25, 0.3) is 0 Å². The summed E-state index contributed by atoms with van der Waals surface area (Å²) in [7, 11) is 0. The van der Waals surface area contributed by atoms with Crippen LogP contribution in [0.3, 0.4) is 0 Å². The van der Waals surface area contributed by atoms with Gasteiger partial charge >= 0.3 is 0 Å². The molecule has 0 unspecified atom stereocenters. The normalized spacial score (nSPS) is 24.2. The minimum Gasteiger partial charge on any atom is -0.370 e. The Hall–Kier alpha value is -1.16. The first kappa shape index (κ1) is 15.2. The molecule has 1 aromatic carbocycles. The Bertz CT molecular complexity index is 427. The van der Waals surface area contributed by atoms with Gasteiger partial charge in [0.05, 0.1) is 19.3 Å². The summed E-state index contributed by atoms with van der Waals surface area (Å²) in [6.45, 7) is 11.0. The van der Waals surface area contributed by atoms with Crippen LogP contribution < -0.4 is 0 Å². The van der Waals surface area contributed by atoms with E-state index in [1.165, 1.54) is 0 Å². The summed E-state index contributed by atoms with van der Waals surface area (Å²) in [4.78, 5) is 0. The third kappa shape index (κ3) is 3.92. The average molecular weight is 276 g/mol. The standard InChI is InChI=1S/C17H24O3/c1-5-13(2)16(15-12-19-17(3,4)20-15)18-11-14-9-7-6-8-10-14/h5-10,13,15-16H,1,11-12H2,2-4H3/t13-,15-,16-/m1/s1. The van der Waals surface area contributed by atoms with Crippen LogP contribution in [-0.4, -0.2) is 24.6 Å². The Morgan fingerprint density at radius 1 is 1.40 bits per heavy atom. The van der Waals surface area contributed by atoms with Gasteiger partial charge < -0.3 is 14.2 Å². The average Bonchev–Trinajstić information content (AvgIpc) is 2.80. The van der Waals surface area contributed by atoms with Gasteiger partial charge in [0, 0.05) is 5.92 Å². The van der Waals surface area contributed by atoms with Crippen molar-refractivity contribution in [1.82, 2.24) is 0 Å². The molecule has 1 aromatic rings. The van der Waals surface area contributed by atoms with Crippen LogP contribution in [0.2, 0.25) is 0 Å². The van der Waals surface area contributed by atoms with Gasteiger partial charge in [-0.15, -0.1) is 6.58 Å². The molecular weight excluding hydrogens is 252 g/mol. The van der Waals surface area contributed by atoms with Crippen molar-refractivity contribution in [3.8, 4) is 0 Å². The van der Waals surface area contributed by atoms with E-state index in [4.69, 9.17) is 14.2 Å². The molecule has 110 valence electrons. The van der Waals surface area contributed by atoms with Crippen molar-refractivity contribution in [1.29, 1.82) is 0 Å². The molecule has 0 amide bonds. The topological polar surface area (TPSA) is 27.7 Å². The van der Waals surface area contributed by atoms with Crippen molar-refractivity contribution in [2.24, 2.45) is 5.92 Å². The van der Waals surface area contributed by atoms with Crippen molar-refractivity contribution in [2.45, 2.75) is 45.4 Å². The quantitative estimate of drug-likeness (QED) is 0.744. The summed E-state index contributed by atoms with van der Waals surface area (Å²) in [6, 6.07) is 10.2. The van der Waals surface area contributed by atoms with Crippen LogP contribution in [0.25, 0.3) is 0 Å². The molecule has 3 heteroatoms. The van der Waals surface area contributed by atoms with Crippen LogP contribution in [0.4, 0.5) is 0 Å². The molecule has 1 aliphatic rings. The van der Waals surface area contributed by atoms with Crippen LogP contribution >= 0.6 is 0 Å². The van der Waals surface area contributed by atoms with E-state index in [0.29, 0.717) is 13.2 Å². The molecule has 20 heavy (non-hydrogen) atoms. The highest BCUT2D eigenvalue weighted by molar-refractivity contribution is 5.13. The number of benzene rings is 1. The van der Waals surface area contributed by atoms with E-state index >= 15 is 0 Å². The summed E-state index contributed by atoms with van der Waals surface area (Å²) in [6.07, 6.45) is 1.81. The Labute approximate surface area is 121 Å². The zero-order valence-electron chi connectivity index (χ0n) is 12.5. The molecule has 1 aliphatic heterocycles. The minimum absolute atomic E-state index is 0.0468. The maximum Gasteiger partial charge on any atom is 0.163 e. The van der Waals surface area contributed by atoms with E-state index in [1.807, 2.05) is 38.1 Å². The monoisotopic (exact) mass is 276 g/mol.